The lowest BCUT2D eigenvalue weighted by Gasteiger charge is -2.40. The molecule has 0 N–H and O–H groups in total. The number of aryl methyl sites for hydroxylation is 1. The zero-order chi connectivity index (χ0) is 25.3. The molecule has 1 saturated carbocycles. The van der Waals surface area contributed by atoms with Crippen molar-refractivity contribution in [1.82, 2.24) is 13.9 Å². The number of hydrogen-bond donors (Lipinski definition) is 0. The Morgan fingerprint density at radius 3 is 2.56 bits per heavy atom. The summed E-state index contributed by atoms with van der Waals surface area (Å²) in [6.07, 6.45) is 7.06. The van der Waals surface area contributed by atoms with E-state index in [-0.39, 0.29) is 5.84 Å². The van der Waals surface area contributed by atoms with Gasteiger partial charge in [-0.05, 0) is 62.1 Å². The molecule has 1 atom stereocenters. The first kappa shape index (κ1) is 22.8. The van der Waals surface area contributed by atoms with Gasteiger partial charge in [0.2, 0.25) is 15.7 Å². The van der Waals surface area contributed by atoms with E-state index in [1.54, 1.807) is 20.4 Å². The Morgan fingerprint density at radius 2 is 1.92 bits per heavy atom. The molecule has 1 aromatic heterocycles. The molecule has 2 fully saturated rings. The van der Waals surface area contributed by atoms with Gasteiger partial charge in [0, 0.05) is 24.3 Å². The summed E-state index contributed by atoms with van der Waals surface area (Å²) >= 11 is 0. The van der Waals surface area contributed by atoms with E-state index in [4.69, 9.17) is 9.57 Å². The molecular weight excluding hydrogens is 483 g/mol. The van der Waals surface area contributed by atoms with Crippen LogP contribution < -0.4 is 4.74 Å². The second-order valence-corrected chi connectivity index (χ2v) is 11.8. The molecule has 186 valence electrons. The van der Waals surface area contributed by atoms with Crippen molar-refractivity contribution < 1.29 is 22.4 Å². The van der Waals surface area contributed by atoms with E-state index < -0.39 is 26.3 Å². The smallest absolute Gasteiger partial charge is 0.247 e. The van der Waals surface area contributed by atoms with Gasteiger partial charge in [-0.2, -0.15) is 0 Å². The van der Waals surface area contributed by atoms with Gasteiger partial charge in [0.15, 0.2) is 5.84 Å². The molecule has 1 unspecified atom stereocenters. The van der Waals surface area contributed by atoms with Gasteiger partial charge in [0.05, 0.1) is 29.6 Å². The Bertz CT molecular complexity index is 1540. The van der Waals surface area contributed by atoms with Gasteiger partial charge in [-0.3, -0.25) is 0 Å². The van der Waals surface area contributed by atoms with Crippen LogP contribution in [0.4, 0.5) is 4.39 Å². The zero-order valence-electron chi connectivity index (χ0n) is 20.1. The summed E-state index contributed by atoms with van der Waals surface area (Å²) in [6, 6.07) is 11.4. The Morgan fingerprint density at radius 1 is 1.17 bits per heavy atom. The molecule has 36 heavy (non-hydrogen) atoms. The SMILES string of the molecule is COc1cc(C=C2CC3(CC3)S(=O)(=O)N3C2=NOC3(C)c2ccc(F)cc2)ccc1-n1cnc(C)c1. The maximum atomic E-state index is 13.8. The first-order chi connectivity index (χ1) is 17.2. The molecule has 0 radical (unpaired) electrons. The van der Waals surface area contributed by atoms with Crippen molar-refractivity contribution in [2.45, 2.75) is 43.6 Å². The van der Waals surface area contributed by atoms with Gasteiger partial charge >= 0.3 is 0 Å². The second-order valence-electron chi connectivity index (χ2n) is 9.65. The molecule has 1 aliphatic carbocycles. The number of benzene rings is 2. The van der Waals surface area contributed by atoms with Crippen LogP contribution in [0.2, 0.25) is 0 Å². The molecule has 3 heterocycles. The van der Waals surface area contributed by atoms with E-state index in [2.05, 4.69) is 10.1 Å². The first-order valence-electron chi connectivity index (χ1n) is 11.6. The van der Waals surface area contributed by atoms with Gasteiger partial charge in [-0.1, -0.05) is 23.4 Å². The average molecular weight is 509 g/mol. The zero-order valence-corrected chi connectivity index (χ0v) is 20.9. The van der Waals surface area contributed by atoms with Crippen molar-refractivity contribution in [3.8, 4) is 11.4 Å². The molecule has 8 nitrogen and oxygen atoms in total. The maximum absolute atomic E-state index is 13.8. The summed E-state index contributed by atoms with van der Waals surface area (Å²) in [5, 5.41) is 4.24. The van der Waals surface area contributed by atoms with Crippen LogP contribution in [0.25, 0.3) is 11.8 Å². The fourth-order valence-corrected chi connectivity index (χ4v) is 7.34. The Hall–Kier alpha value is -3.66. The number of rotatable bonds is 4. The third-order valence-corrected chi connectivity index (χ3v) is 9.85. The number of nitrogens with zero attached hydrogens (tertiary/aromatic N) is 4. The van der Waals surface area contributed by atoms with Crippen LogP contribution in [0.1, 0.15) is 43.0 Å². The molecule has 6 rings (SSSR count). The van der Waals surface area contributed by atoms with E-state index in [0.717, 1.165) is 22.5 Å². The lowest BCUT2D eigenvalue weighted by molar-refractivity contribution is -0.0612. The summed E-state index contributed by atoms with van der Waals surface area (Å²) in [6.45, 7) is 3.57. The van der Waals surface area contributed by atoms with Crippen molar-refractivity contribution in [3.05, 3.63) is 83.2 Å². The molecule has 2 aromatic carbocycles. The summed E-state index contributed by atoms with van der Waals surface area (Å²) in [4.78, 5) is 10.1. The number of ether oxygens (including phenoxy) is 1. The van der Waals surface area contributed by atoms with Crippen LogP contribution in [0.3, 0.4) is 0 Å². The number of imidazole rings is 1. The molecular formula is C26H25FN4O4S. The van der Waals surface area contributed by atoms with Crippen LogP contribution in [-0.4, -0.2) is 40.0 Å². The van der Waals surface area contributed by atoms with Gasteiger partial charge < -0.3 is 14.1 Å². The number of hydrogen-bond acceptors (Lipinski definition) is 6. The molecule has 3 aromatic rings. The number of oxime groups is 1. The number of methoxy groups -OCH3 is 1. The number of halogens is 1. The predicted molar refractivity (Wildman–Crippen MR) is 132 cm³/mol. The molecule has 10 heteroatoms. The van der Waals surface area contributed by atoms with Crippen molar-refractivity contribution in [1.29, 1.82) is 0 Å². The summed E-state index contributed by atoms with van der Waals surface area (Å²) < 4.78 is 49.1. The molecule has 0 bridgehead atoms. The summed E-state index contributed by atoms with van der Waals surface area (Å²) in [7, 11) is -2.16. The minimum atomic E-state index is -3.76. The molecule has 0 amide bonds. The quantitative estimate of drug-likeness (QED) is 0.518. The van der Waals surface area contributed by atoms with Gasteiger partial charge in [-0.25, -0.2) is 22.1 Å². The highest BCUT2D eigenvalue weighted by Gasteiger charge is 2.67. The summed E-state index contributed by atoms with van der Waals surface area (Å²) in [5.74, 6) is 0.502. The Balaban J connectivity index is 1.43. The minimum absolute atomic E-state index is 0.257. The Labute approximate surface area is 208 Å². The predicted octanol–water partition coefficient (Wildman–Crippen LogP) is 4.50. The third kappa shape index (κ3) is 3.27. The normalized spacial score (nSPS) is 24.4. The van der Waals surface area contributed by atoms with E-state index in [9.17, 15) is 12.8 Å². The molecule has 2 aliphatic heterocycles. The van der Waals surface area contributed by atoms with Gasteiger partial charge in [0.25, 0.3) is 0 Å². The lowest BCUT2D eigenvalue weighted by atomic mass is 10.0. The minimum Gasteiger partial charge on any atom is -0.495 e. The van der Waals surface area contributed by atoms with Crippen molar-refractivity contribution in [3.63, 3.8) is 0 Å². The van der Waals surface area contributed by atoms with Gasteiger partial charge in [-0.15, -0.1) is 0 Å². The largest absolute Gasteiger partial charge is 0.495 e. The van der Waals surface area contributed by atoms with E-state index in [1.165, 1.54) is 28.6 Å². The first-order valence-corrected chi connectivity index (χ1v) is 13.1. The van der Waals surface area contributed by atoms with E-state index >= 15 is 0 Å². The van der Waals surface area contributed by atoms with Crippen LogP contribution in [0, 0.1) is 12.7 Å². The van der Waals surface area contributed by atoms with Crippen molar-refractivity contribution in [2.75, 3.05) is 7.11 Å². The third-order valence-electron chi connectivity index (χ3n) is 7.20. The molecule has 1 saturated heterocycles. The number of fused-ring (bicyclic) bond motifs is 1. The van der Waals surface area contributed by atoms with Crippen molar-refractivity contribution >= 4 is 21.9 Å². The molecule has 3 aliphatic rings. The topological polar surface area (TPSA) is 86.0 Å². The van der Waals surface area contributed by atoms with Crippen LogP contribution in [0.5, 0.6) is 5.75 Å². The van der Waals surface area contributed by atoms with Crippen molar-refractivity contribution in [2.24, 2.45) is 5.16 Å². The van der Waals surface area contributed by atoms with Crippen LogP contribution in [0.15, 0.2) is 65.7 Å². The van der Waals surface area contributed by atoms with E-state index in [0.29, 0.717) is 30.6 Å². The number of sulfonamides is 1. The number of aromatic nitrogens is 2. The maximum Gasteiger partial charge on any atom is 0.247 e. The standard InChI is InChI=1S/C26H25FN4O4S/c1-17-15-30(16-28-17)22-9-4-18(13-23(22)34-3)12-19-14-26(10-11-26)36(32,33)31-24(19)29-35-25(31,2)20-5-7-21(27)8-6-20/h4-9,12-13,15-16H,10-11,14H2,1-3H3. The fraction of sp³-hybridized carbons (Fsp3) is 0.308. The highest BCUT2D eigenvalue weighted by atomic mass is 32.2. The lowest BCUT2D eigenvalue weighted by Crippen LogP contribution is -2.55. The highest BCUT2D eigenvalue weighted by molar-refractivity contribution is 7.91. The summed E-state index contributed by atoms with van der Waals surface area (Å²) in [5.41, 5.74) is 2.45. The fourth-order valence-electron chi connectivity index (χ4n) is 5.02. The Kier molecular flexibility index (Phi) is 4.85. The van der Waals surface area contributed by atoms with Crippen LogP contribution >= 0.6 is 0 Å². The van der Waals surface area contributed by atoms with Gasteiger partial charge in [0.1, 0.15) is 11.6 Å². The monoisotopic (exact) mass is 508 g/mol. The van der Waals surface area contributed by atoms with E-state index in [1.807, 2.05) is 42.0 Å². The number of amidine groups is 1. The average Bonchev–Trinajstić information content (AvgIpc) is 3.36. The highest BCUT2D eigenvalue weighted by Crippen LogP contribution is 2.57. The second kappa shape index (κ2) is 7.67. The molecule has 1 spiro atoms. The van der Waals surface area contributed by atoms with Crippen LogP contribution in [-0.2, 0) is 20.6 Å².